The van der Waals surface area contributed by atoms with Crippen molar-refractivity contribution in [3.05, 3.63) is 164 Å². The standard InChI is InChI=1S/C48H27N3O2/c1-2-13-29-26-30(25-24-28(29)12-1)44-35-16-3-7-20-39(35)49-48(50-44)51-40-21-8-4-17-36(40)43-37(27-38-32-15-6-10-23-42(32)53-47(38)45(43)51)34-19-11-18-33-31-14-5-9-22-41(31)52-46(33)34/h1-27H. The summed E-state index contributed by atoms with van der Waals surface area (Å²) in [5, 5.41) is 9.76. The highest BCUT2D eigenvalue weighted by Gasteiger charge is 2.26. The Balaban J connectivity index is 1.25. The molecular weight excluding hydrogens is 651 g/mol. The fourth-order valence-corrected chi connectivity index (χ4v) is 8.43. The molecule has 8 aromatic carbocycles. The van der Waals surface area contributed by atoms with Crippen LogP contribution in [-0.4, -0.2) is 14.5 Å². The number of hydrogen-bond donors (Lipinski definition) is 0. The van der Waals surface area contributed by atoms with Crippen LogP contribution in [0, 0.1) is 0 Å². The van der Waals surface area contributed by atoms with Crippen molar-refractivity contribution in [2.75, 3.05) is 0 Å². The van der Waals surface area contributed by atoms with Crippen LogP contribution < -0.4 is 0 Å². The monoisotopic (exact) mass is 677 g/mol. The summed E-state index contributed by atoms with van der Waals surface area (Å²) in [7, 11) is 0. The lowest BCUT2D eigenvalue weighted by atomic mass is 9.95. The molecule has 53 heavy (non-hydrogen) atoms. The average molecular weight is 678 g/mol. The van der Waals surface area contributed by atoms with Crippen molar-refractivity contribution in [2.45, 2.75) is 0 Å². The quantitative estimate of drug-likeness (QED) is 0.187. The Bertz CT molecular complexity index is 3480. The van der Waals surface area contributed by atoms with E-state index in [4.69, 9.17) is 18.8 Å². The Morgan fingerprint density at radius 2 is 1.09 bits per heavy atom. The zero-order valence-corrected chi connectivity index (χ0v) is 28.2. The Labute approximate surface area is 302 Å². The highest BCUT2D eigenvalue weighted by atomic mass is 16.3. The highest BCUT2D eigenvalue weighted by Crippen LogP contribution is 2.47. The predicted octanol–water partition coefficient (Wildman–Crippen LogP) is 13.0. The van der Waals surface area contributed by atoms with Gasteiger partial charge >= 0.3 is 0 Å². The van der Waals surface area contributed by atoms with E-state index >= 15 is 0 Å². The zero-order valence-electron chi connectivity index (χ0n) is 28.2. The fraction of sp³-hybridized carbons (Fsp3) is 0. The van der Waals surface area contributed by atoms with Crippen LogP contribution in [0.2, 0.25) is 0 Å². The van der Waals surface area contributed by atoms with E-state index in [1.54, 1.807) is 0 Å². The van der Waals surface area contributed by atoms with Crippen LogP contribution in [0.25, 0.3) is 116 Å². The van der Waals surface area contributed by atoms with Crippen molar-refractivity contribution in [2.24, 2.45) is 0 Å². The summed E-state index contributed by atoms with van der Waals surface area (Å²) in [6.07, 6.45) is 0. The lowest BCUT2D eigenvalue weighted by Gasteiger charge is -2.13. The third kappa shape index (κ3) is 4.02. The van der Waals surface area contributed by atoms with Gasteiger partial charge in [-0.15, -0.1) is 0 Å². The van der Waals surface area contributed by atoms with Gasteiger partial charge in [0.05, 0.1) is 16.7 Å². The summed E-state index contributed by atoms with van der Waals surface area (Å²) in [5.41, 5.74) is 10.1. The molecule has 0 radical (unpaired) electrons. The topological polar surface area (TPSA) is 57.0 Å². The first-order valence-corrected chi connectivity index (χ1v) is 17.8. The van der Waals surface area contributed by atoms with Gasteiger partial charge in [-0.3, -0.25) is 4.57 Å². The van der Waals surface area contributed by atoms with E-state index in [-0.39, 0.29) is 0 Å². The van der Waals surface area contributed by atoms with Crippen LogP contribution in [-0.2, 0) is 0 Å². The first-order chi connectivity index (χ1) is 26.3. The van der Waals surface area contributed by atoms with Crippen LogP contribution in [0.1, 0.15) is 0 Å². The van der Waals surface area contributed by atoms with Crippen molar-refractivity contribution >= 4 is 87.4 Å². The number of aromatic nitrogens is 3. The molecule has 0 spiro atoms. The molecule has 5 heteroatoms. The molecule has 0 saturated carbocycles. The summed E-state index contributed by atoms with van der Waals surface area (Å²) in [5.74, 6) is 0.582. The van der Waals surface area contributed by atoms with Gasteiger partial charge in [-0.2, -0.15) is 0 Å². The first kappa shape index (κ1) is 28.5. The van der Waals surface area contributed by atoms with Crippen LogP contribution in [0.5, 0.6) is 0 Å². The maximum atomic E-state index is 6.83. The molecule has 5 nitrogen and oxygen atoms in total. The number of rotatable bonds is 3. The van der Waals surface area contributed by atoms with Crippen LogP contribution in [0.15, 0.2) is 173 Å². The molecule has 0 fully saturated rings. The molecule has 4 aromatic heterocycles. The summed E-state index contributed by atoms with van der Waals surface area (Å²) >= 11 is 0. The SMILES string of the molecule is c1ccc2cc(-c3nc(-n4c5ccccc5c5c(-c6cccc7c6oc6ccccc67)cc6c7ccccc7oc6c54)nc4ccccc34)ccc2c1. The number of benzene rings is 8. The molecule has 0 aliphatic rings. The van der Waals surface area contributed by atoms with Crippen molar-refractivity contribution in [3.8, 4) is 28.3 Å². The normalized spacial score (nSPS) is 12.2. The van der Waals surface area contributed by atoms with Crippen molar-refractivity contribution in [1.29, 1.82) is 0 Å². The summed E-state index contributed by atoms with van der Waals surface area (Å²) < 4.78 is 15.7. The maximum absolute atomic E-state index is 6.83. The Kier molecular flexibility index (Phi) is 5.71. The van der Waals surface area contributed by atoms with E-state index in [2.05, 4.69) is 138 Å². The minimum atomic E-state index is 0.582. The van der Waals surface area contributed by atoms with E-state index in [9.17, 15) is 0 Å². The average Bonchev–Trinajstić information content (AvgIpc) is 3.90. The molecule has 246 valence electrons. The molecular formula is C48H27N3O2. The predicted molar refractivity (Wildman–Crippen MR) is 217 cm³/mol. The molecule has 0 aliphatic carbocycles. The van der Waals surface area contributed by atoms with E-state index in [1.807, 2.05) is 30.3 Å². The van der Waals surface area contributed by atoms with Crippen molar-refractivity contribution in [3.63, 3.8) is 0 Å². The second-order valence-corrected chi connectivity index (χ2v) is 13.7. The van der Waals surface area contributed by atoms with Gasteiger partial charge < -0.3 is 8.83 Å². The van der Waals surface area contributed by atoms with Crippen molar-refractivity contribution < 1.29 is 8.83 Å². The summed E-state index contributed by atoms with van der Waals surface area (Å²) in [6.45, 7) is 0. The number of para-hydroxylation sites is 5. The van der Waals surface area contributed by atoms with Crippen LogP contribution >= 0.6 is 0 Å². The minimum Gasteiger partial charge on any atom is -0.455 e. The first-order valence-electron chi connectivity index (χ1n) is 17.8. The van der Waals surface area contributed by atoms with Crippen molar-refractivity contribution in [1.82, 2.24) is 14.5 Å². The molecule has 0 unspecified atom stereocenters. The maximum Gasteiger partial charge on any atom is 0.235 e. The highest BCUT2D eigenvalue weighted by molar-refractivity contribution is 6.27. The molecule has 0 saturated heterocycles. The summed E-state index contributed by atoms with van der Waals surface area (Å²) in [6, 6.07) is 57.1. The third-order valence-electron chi connectivity index (χ3n) is 10.8. The van der Waals surface area contributed by atoms with E-state index in [0.717, 1.165) is 99.0 Å². The molecule has 0 aliphatic heterocycles. The lowest BCUT2D eigenvalue weighted by molar-refractivity contribution is 0.669. The molecule has 4 heterocycles. The number of fused-ring (bicyclic) bond motifs is 12. The molecule has 0 amide bonds. The fourth-order valence-electron chi connectivity index (χ4n) is 8.43. The second kappa shape index (κ2) is 10.6. The van der Waals surface area contributed by atoms with Gasteiger partial charge in [-0.1, -0.05) is 127 Å². The van der Waals surface area contributed by atoms with Gasteiger partial charge in [0.1, 0.15) is 22.3 Å². The van der Waals surface area contributed by atoms with Gasteiger partial charge in [-0.25, -0.2) is 9.97 Å². The molecule has 12 aromatic rings. The smallest absolute Gasteiger partial charge is 0.235 e. The second-order valence-electron chi connectivity index (χ2n) is 13.7. The Hall–Kier alpha value is -7.24. The molecule has 0 N–H and O–H groups in total. The van der Waals surface area contributed by atoms with Gasteiger partial charge in [0.2, 0.25) is 5.95 Å². The van der Waals surface area contributed by atoms with E-state index in [0.29, 0.717) is 5.95 Å². The largest absolute Gasteiger partial charge is 0.455 e. The minimum absolute atomic E-state index is 0.582. The molecule has 12 rings (SSSR count). The number of nitrogens with zero attached hydrogens (tertiary/aromatic N) is 3. The third-order valence-corrected chi connectivity index (χ3v) is 10.8. The molecule has 0 bridgehead atoms. The van der Waals surface area contributed by atoms with E-state index in [1.165, 1.54) is 10.8 Å². The van der Waals surface area contributed by atoms with Gasteiger partial charge in [0.25, 0.3) is 0 Å². The van der Waals surface area contributed by atoms with Crippen LogP contribution in [0.4, 0.5) is 0 Å². The van der Waals surface area contributed by atoms with Gasteiger partial charge in [0, 0.05) is 48.8 Å². The van der Waals surface area contributed by atoms with E-state index < -0.39 is 0 Å². The Morgan fingerprint density at radius 1 is 0.434 bits per heavy atom. The Morgan fingerprint density at radius 3 is 1.94 bits per heavy atom. The lowest BCUT2D eigenvalue weighted by Crippen LogP contribution is -2.03. The summed E-state index contributed by atoms with van der Waals surface area (Å²) in [4.78, 5) is 10.8. The number of furan rings is 2. The van der Waals surface area contributed by atoms with Crippen LogP contribution in [0.3, 0.4) is 0 Å². The van der Waals surface area contributed by atoms with Gasteiger partial charge in [0.15, 0.2) is 5.58 Å². The zero-order chi connectivity index (χ0) is 34.6. The number of hydrogen-bond acceptors (Lipinski definition) is 4. The van der Waals surface area contributed by atoms with Gasteiger partial charge in [-0.05, 0) is 52.7 Å². The molecule has 0 atom stereocenters.